The minimum absolute atomic E-state index is 0.0948. The molecule has 0 radical (unpaired) electrons. The molecule has 0 aromatic heterocycles. The zero-order valence-electron chi connectivity index (χ0n) is 13.0. The SMILES string of the molecule is CNCC1(O)c2ccccc2COc2c1cccc2S(C)(=O)=O. The molecule has 0 fully saturated rings. The van der Waals surface area contributed by atoms with E-state index in [9.17, 15) is 13.5 Å². The van der Waals surface area contributed by atoms with E-state index in [1.54, 1.807) is 19.2 Å². The molecular weight excluding hydrogens is 314 g/mol. The Balaban J connectivity index is 2.33. The van der Waals surface area contributed by atoms with E-state index in [4.69, 9.17) is 4.74 Å². The molecule has 2 aromatic rings. The number of sulfone groups is 1. The summed E-state index contributed by atoms with van der Waals surface area (Å²) in [5.74, 6) is 0.226. The Morgan fingerprint density at radius 2 is 1.87 bits per heavy atom. The number of ether oxygens (including phenoxy) is 1. The second-order valence-corrected chi connectivity index (χ2v) is 7.73. The highest BCUT2D eigenvalue weighted by Crippen LogP contribution is 2.43. The van der Waals surface area contributed by atoms with Crippen LogP contribution in [-0.2, 0) is 22.0 Å². The van der Waals surface area contributed by atoms with Gasteiger partial charge in [-0.1, -0.05) is 36.4 Å². The fourth-order valence-electron chi connectivity index (χ4n) is 3.07. The van der Waals surface area contributed by atoms with Crippen LogP contribution in [0.3, 0.4) is 0 Å². The Morgan fingerprint density at radius 1 is 1.17 bits per heavy atom. The summed E-state index contributed by atoms with van der Waals surface area (Å²) in [5.41, 5.74) is 0.650. The van der Waals surface area contributed by atoms with Gasteiger partial charge in [-0.3, -0.25) is 0 Å². The highest BCUT2D eigenvalue weighted by atomic mass is 32.2. The minimum atomic E-state index is -3.47. The Labute approximate surface area is 135 Å². The number of hydrogen-bond donors (Lipinski definition) is 2. The number of fused-ring (bicyclic) bond motifs is 2. The lowest BCUT2D eigenvalue weighted by atomic mass is 9.84. The standard InChI is InChI=1S/C17H19NO4S/c1-18-11-17(19)13-7-4-3-6-12(13)10-22-16-14(17)8-5-9-15(16)23(2,20)21/h3-9,18-19H,10-11H2,1-2H3. The van der Waals surface area contributed by atoms with Crippen LogP contribution >= 0.6 is 0 Å². The van der Waals surface area contributed by atoms with E-state index < -0.39 is 15.4 Å². The Morgan fingerprint density at radius 3 is 2.57 bits per heavy atom. The van der Waals surface area contributed by atoms with Gasteiger partial charge < -0.3 is 15.2 Å². The predicted molar refractivity (Wildman–Crippen MR) is 87.3 cm³/mol. The molecule has 1 heterocycles. The molecule has 2 N–H and O–H groups in total. The fourth-order valence-corrected chi connectivity index (χ4v) is 3.90. The average molecular weight is 333 g/mol. The van der Waals surface area contributed by atoms with Crippen LogP contribution in [0.1, 0.15) is 16.7 Å². The molecule has 0 spiro atoms. The van der Waals surface area contributed by atoms with E-state index in [0.29, 0.717) is 5.56 Å². The lowest BCUT2D eigenvalue weighted by Gasteiger charge is -2.30. The van der Waals surface area contributed by atoms with Crippen molar-refractivity contribution in [1.82, 2.24) is 5.32 Å². The Bertz CT molecular complexity index is 847. The van der Waals surface area contributed by atoms with Crippen LogP contribution in [-0.4, -0.2) is 33.4 Å². The summed E-state index contributed by atoms with van der Waals surface area (Å²) in [4.78, 5) is 0.0948. The van der Waals surface area contributed by atoms with E-state index in [-0.39, 0.29) is 23.8 Å². The number of likely N-dealkylation sites (N-methyl/N-ethyl adjacent to an activating group) is 1. The predicted octanol–water partition coefficient (Wildman–Crippen LogP) is 1.44. The van der Waals surface area contributed by atoms with Gasteiger partial charge in [0.05, 0.1) is 0 Å². The quantitative estimate of drug-likeness (QED) is 0.889. The zero-order chi connectivity index (χ0) is 16.7. The van der Waals surface area contributed by atoms with Crippen molar-refractivity contribution in [2.45, 2.75) is 17.1 Å². The van der Waals surface area contributed by atoms with Gasteiger partial charge in [0.1, 0.15) is 22.9 Å². The van der Waals surface area contributed by atoms with Crippen LogP contribution < -0.4 is 10.1 Å². The summed E-state index contributed by atoms with van der Waals surface area (Å²) in [7, 11) is -1.73. The van der Waals surface area contributed by atoms with E-state index in [1.165, 1.54) is 6.07 Å². The summed E-state index contributed by atoms with van der Waals surface area (Å²) in [6, 6.07) is 12.3. The van der Waals surface area contributed by atoms with Gasteiger partial charge in [-0.15, -0.1) is 0 Å². The first kappa shape index (κ1) is 16.0. The van der Waals surface area contributed by atoms with E-state index in [2.05, 4.69) is 5.32 Å². The van der Waals surface area contributed by atoms with E-state index in [0.717, 1.165) is 17.4 Å². The molecule has 0 saturated heterocycles. The third-order valence-electron chi connectivity index (χ3n) is 4.09. The van der Waals surface area contributed by atoms with Crippen LogP contribution in [0.25, 0.3) is 0 Å². The van der Waals surface area contributed by atoms with Gasteiger partial charge in [0.25, 0.3) is 0 Å². The maximum absolute atomic E-state index is 12.1. The van der Waals surface area contributed by atoms with Gasteiger partial charge in [0, 0.05) is 18.4 Å². The van der Waals surface area contributed by atoms with Gasteiger partial charge >= 0.3 is 0 Å². The van der Waals surface area contributed by atoms with Crippen molar-refractivity contribution in [3.8, 4) is 5.75 Å². The molecule has 5 nitrogen and oxygen atoms in total. The summed E-state index contributed by atoms with van der Waals surface area (Å²) in [6.07, 6.45) is 1.14. The summed E-state index contributed by atoms with van der Waals surface area (Å²) < 4.78 is 30.0. The molecule has 3 rings (SSSR count). The highest BCUT2D eigenvalue weighted by molar-refractivity contribution is 7.90. The molecule has 1 unspecified atom stereocenters. The van der Waals surface area contributed by atoms with E-state index >= 15 is 0 Å². The number of para-hydroxylation sites is 1. The highest BCUT2D eigenvalue weighted by Gasteiger charge is 2.39. The normalized spacial score (nSPS) is 20.1. The second kappa shape index (κ2) is 5.63. The van der Waals surface area contributed by atoms with Crippen LogP contribution in [0.4, 0.5) is 0 Å². The topological polar surface area (TPSA) is 75.6 Å². The zero-order valence-corrected chi connectivity index (χ0v) is 13.9. The Hall–Kier alpha value is -1.89. The van der Waals surface area contributed by atoms with E-state index in [1.807, 2.05) is 24.3 Å². The molecule has 2 aromatic carbocycles. The first-order valence-electron chi connectivity index (χ1n) is 7.29. The van der Waals surface area contributed by atoms with Gasteiger partial charge in [-0.05, 0) is 24.2 Å². The number of aliphatic hydroxyl groups is 1. The van der Waals surface area contributed by atoms with Crippen molar-refractivity contribution in [1.29, 1.82) is 0 Å². The molecule has 0 saturated carbocycles. The lowest BCUT2D eigenvalue weighted by molar-refractivity contribution is 0.0812. The summed E-state index contributed by atoms with van der Waals surface area (Å²) in [6.45, 7) is 0.454. The number of benzene rings is 2. The van der Waals surface area contributed by atoms with Crippen molar-refractivity contribution in [3.05, 3.63) is 59.2 Å². The van der Waals surface area contributed by atoms with Gasteiger partial charge in [-0.25, -0.2) is 8.42 Å². The van der Waals surface area contributed by atoms with Crippen molar-refractivity contribution in [2.24, 2.45) is 0 Å². The average Bonchev–Trinajstić information content (AvgIpc) is 2.63. The molecule has 0 aliphatic carbocycles. The number of nitrogens with one attached hydrogen (secondary N) is 1. The summed E-state index contributed by atoms with van der Waals surface area (Å²) in [5, 5.41) is 14.4. The molecule has 6 heteroatoms. The largest absolute Gasteiger partial charge is 0.487 e. The van der Waals surface area contributed by atoms with Crippen molar-refractivity contribution in [2.75, 3.05) is 19.8 Å². The molecular formula is C17H19NO4S. The molecule has 1 atom stereocenters. The fraction of sp³-hybridized carbons (Fsp3) is 0.294. The molecule has 122 valence electrons. The minimum Gasteiger partial charge on any atom is -0.487 e. The van der Waals surface area contributed by atoms with Crippen LogP contribution in [0, 0.1) is 0 Å². The number of rotatable bonds is 3. The van der Waals surface area contributed by atoms with Crippen molar-refractivity contribution >= 4 is 9.84 Å². The van der Waals surface area contributed by atoms with Crippen molar-refractivity contribution in [3.63, 3.8) is 0 Å². The second-order valence-electron chi connectivity index (χ2n) is 5.74. The third kappa shape index (κ3) is 2.63. The van der Waals surface area contributed by atoms with Gasteiger partial charge in [0.2, 0.25) is 0 Å². The smallest absolute Gasteiger partial charge is 0.179 e. The molecule has 1 aliphatic rings. The molecule has 23 heavy (non-hydrogen) atoms. The lowest BCUT2D eigenvalue weighted by Crippen LogP contribution is -2.38. The monoisotopic (exact) mass is 333 g/mol. The summed E-state index contributed by atoms with van der Waals surface area (Å²) >= 11 is 0. The maximum Gasteiger partial charge on any atom is 0.179 e. The van der Waals surface area contributed by atoms with Crippen LogP contribution in [0.2, 0.25) is 0 Å². The maximum atomic E-state index is 12.1. The molecule has 0 bridgehead atoms. The first-order chi connectivity index (χ1) is 10.9. The van der Waals surface area contributed by atoms with Crippen molar-refractivity contribution < 1.29 is 18.3 Å². The van der Waals surface area contributed by atoms with Gasteiger partial charge in [-0.2, -0.15) is 0 Å². The molecule has 0 amide bonds. The molecule has 1 aliphatic heterocycles. The van der Waals surface area contributed by atoms with Crippen LogP contribution in [0.5, 0.6) is 5.75 Å². The third-order valence-corrected chi connectivity index (χ3v) is 5.21. The Kier molecular flexibility index (Phi) is 3.91. The van der Waals surface area contributed by atoms with Crippen LogP contribution in [0.15, 0.2) is 47.4 Å². The number of hydrogen-bond acceptors (Lipinski definition) is 5. The first-order valence-corrected chi connectivity index (χ1v) is 9.19. The van der Waals surface area contributed by atoms with Gasteiger partial charge in [0.15, 0.2) is 9.84 Å².